The van der Waals surface area contributed by atoms with Gasteiger partial charge in [-0.2, -0.15) is 0 Å². The minimum atomic E-state index is -0.565. The first-order valence-corrected chi connectivity index (χ1v) is 25.3. The number of hydrogen-bond acceptors (Lipinski definition) is 3. The third-order valence-corrected chi connectivity index (χ3v) is 16.1. The number of furan rings is 2. The van der Waals surface area contributed by atoms with Crippen molar-refractivity contribution >= 4 is 60.9 Å². The van der Waals surface area contributed by atoms with Gasteiger partial charge in [0.05, 0.1) is 11.1 Å². The molecule has 0 amide bonds. The highest BCUT2D eigenvalue weighted by molar-refractivity contribution is 6.24. The molecule has 11 aromatic carbocycles. The second kappa shape index (κ2) is 15.7. The van der Waals surface area contributed by atoms with Crippen LogP contribution in [0.25, 0.3) is 88.4 Å². The minimum absolute atomic E-state index is 0.169. The van der Waals surface area contributed by atoms with Crippen LogP contribution in [-0.2, 0) is 10.8 Å². The molecule has 3 heteroatoms. The Labute approximate surface area is 423 Å². The molecule has 0 N–H and O–H groups in total. The van der Waals surface area contributed by atoms with Crippen LogP contribution in [0.15, 0.2) is 258 Å². The third kappa shape index (κ3) is 5.94. The van der Waals surface area contributed by atoms with E-state index in [-0.39, 0.29) is 5.41 Å². The quantitative estimate of drug-likeness (QED) is 0.159. The topological polar surface area (TPSA) is 29.5 Å². The Morgan fingerprint density at radius 3 is 1.68 bits per heavy atom. The molecule has 13 aromatic rings. The van der Waals surface area contributed by atoms with Crippen molar-refractivity contribution in [3.8, 4) is 44.5 Å². The van der Waals surface area contributed by atoms with Gasteiger partial charge in [0.15, 0.2) is 0 Å². The van der Waals surface area contributed by atoms with Gasteiger partial charge in [0, 0.05) is 55.5 Å². The van der Waals surface area contributed by atoms with Crippen LogP contribution in [0.2, 0.25) is 0 Å². The molecule has 2 aromatic heterocycles. The lowest BCUT2D eigenvalue weighted by Crippen LogP contribution is -2.28. The van der Waals surface area contributed by atoms with E-state index < -0.39 is 5.41 Å². The SMILES string of the molecule is CC1(C)c2ccccc2-c2ccc(-c3c4oc5cc(N(c6ccc7c(c6)C(c6ccccc6)(c6ccccc6)c6ccccc6-7)c6ccccc6-c6ccccc6)ccc5c4cc4oc5ccccc5c34)cc21. The fourth-order valence-electron chi connectivity index (χ4n) is 12.9. The first-order chi connectivity index (χ1) is 36.0. The monoisotopic (exact) mass is 933 g/mol. The van der Waals surface area contributed by atoms with Crippen LogP contribution < -0.4 is 4.90 Å². The molecule has 2 heterocycles. The maximum Gasteiger partial charge on any atom is 0.144 e. The normalized spacial score (nSPS) is 13.8. The Balaban J connectivity index is 0.983. The van der Waals surface area contributed by atoms with Crippen molar-refractivity contribution in [3.63, 3.8) is 0 Å². The van der Waals surface area contributed by atoms with Crippen LogP contribution in [0.1, 0.15) is 47.2 Å². The van der Waals surface area contributed by atoms with Gasteiger partial charge in [-0.05, 0) is 115 Å². The molecule has 0 radical (unpaired) electrons. The molecular formula is C70H47NO2. The van der Waals surface area contributed by atoms with Crippen molar-refractivity contribution in [1.82, 2.24) is 0 Å². The summed E-state index contributed by atoms with van der Waals surface area (Å²) in [5.74, 6) is 0. The van der Waals surface area contributed by atoms with Gasteiger partial charge in [-0.3, -0.25) is 0 Å². The van der Waals surface area contributed by atoms with Crippen LogP contribution >= 0.6 is 0 Å². The van der Waals surface area contributed by atoms with E-state index in [0.717, 1.165) is 83.2 Å². The van der Waals surface area contributed by atoms with Gasteiger partial charge in [-0.25, -0.2) is 0 Å². The average Bonchev–Trinajstić information content (AvgIpc) is 4.16. The molecule has 344 valence electrons. The standard InChI is InChI=1S/C70H47NO2/c1-69(2)58-30-16-12-27-51(58)53-37-34-45(40-60(53)69)66-67-56-29-15-19-33-63(56)72-65(67)43-57-55-39-36-49(42-64(55)73-68(57)66)71(62-32-18-14-26-50(62)44-20-6-3-7-21-44)48-35-38-54-52-28-13-17-31-59(52)70(61(54)41-48,46-22-8-4-9-23-46)47-24-10-5-11-25-47/h3-43H,1-2H3. The maximum atomic E-state index is 7.37. The Kier molecular flexibility index (Phi) is 8.92. The van der Waals surface area contributed by atoms with Crippen molar-refractivity contribution < 1.29 is 8.83 Å². The number of para-hydroxylation sites is 2. The Morgan fingerprint density at radius 2 is 0.918 bits per heavy atom. The van der Waals surface area contributed by atoms with Gasteiger partial charge in [0.2, 0.25) is 0 Å². The number of anilines is 3. The summed E-state index contributed by atoms with van der Waals surface area (Å²) in [5, 5.41) is 4.19. The van der Waals surface area contributed by atoms with E-state index in [1.165, 1.54) is 55.6 Å². The summed E-state index contributed by atoms with van der Waals surface area (Å²) in [6, 6.07) is 90.8. The summed E-state index contributed by atoms with van der Waals surface area (Å²) in [5.41, 5.74) is 22.9. The summed E-state index contributed by atoms with van der Waals surface area (Å²) in [4.78, 5) is 2.43. The van der Waals surface area contributed by atoms with Crippen LogP contribution in [0.5, 0.6) is 0 Å². The highest BCUT2D eigenvalue weighted by Crippen LogP contribution is 2.58. The molecule has 0 unspecified atom stereocenters. The fourth-order valence-corrected chi connectivity index (χ4v) is 12.9. The van der Waals surface area contributed by atoms with Crippen molar-refractivity contribution in [2.75, 3.05) is 4.90 Å². The predicted octanol–water partition coefficient (Wildman–Crippen LogP) is 19.0. The summed E-state index contributed by atoms with van der Waals surface area (Å²) in [7, 11) is 0. The van der Waals surface area contributed by atoms with E-state index >= 15 is 0 Å². The van der Waals surface area contributed by atoms with E-state index in [9.17, 15) is 0 Å². The predicted molar refractivity (Wildman–Crippen MR) is 301 cm³/mol. The second-order valence-electron chi connectivity index (χ2n) is 20.3. The smallest absolute Gasteiger partial charge is 0.144 e. The second-order valence-corrected chi connectivity index (χ2v) is 20.3. The fraction of sp³-hybridized carbons (Fsp3) is 0.0571. The molecule has 3 nitrogen and oxygen atoms in total. The molecule has 0 bridgehead atoms. The zero-order valence-electron chi connectivity index (χ0n) is 40.4. The number of rotatable bonds is 7. The van der Waals surface area contributed by atoms with Gasteiger partial charge >= 0.3 is 0 Å². The molecule has 0 atom stereocenters. The van der Waals surface area contributed by atoms with E-state index in [4.69, 9.17) is 8.83 Å². The summed E-state index contributed by atoms with van der Waals surface area (Å²) < 4.78 is 14.1. The van der Waals surface area contributed by atoms with E-state index in [1.807, 2.05) is 6.07 Å². The highest BCUT2D eigenvalue weighted by atomic mass is 16.3. The largest absolute Gasteiger partial charge is 0.456 e. The van der Waals surface area contributed by atoms with E-state index in [2.05, 4.69) is 261 Å². The molecule has 2 aliphatic carbocycles. The van der Waals surface area contributed by atoms with E-state index in [1.54, 1.807) is 0 Å². The van der Waals surface area contributed by atoms with Gasteiger partial charge in [-0.1, -0.05) is 208 Å². The molecule has 73 heavy (non-hydrogen) atoms. The Bertz CT molecular complexity index is 4310. The van der Waals surface area contributed by atoms with Crippen molar-refractivity contribution in [1.29, 1.82) is 0 Å². The lowest BCUT2D eigenvalue weighted by Gasteiger charge is -2.35. The number of nitrogens with zero attached hydrogens (tertiary/aromatic N) is 1. The van der Waals surface area contributed by atoms with Gasteiger partial charge < -0.3 is 13.7 Å². The maximum absolute atomic E-state index is 7.37. The number of hydrogen-bond donors (Lipinski definition) is 0. The zero-order chi connectivity index (χ0) is 48.4. The van der Waals surface area contributed by atoms with Crippen LogP contribution in [-0.4, -0.2) is 0 Å². The molecule has 0 saturated heterocycles. The summed E-state index contributed by atoms with van der Waals surface area (Å²) >= 11 is 0. The van der Waals surface area contributed by atoms with Crippen LogP contribution in [0.4, 0.5) is 17.1 Å². The first kappa shape index (κ1) is 41.6. The van der Waals surface area contributed by atoms with Crippen molar-refractivity contribution in [2.24, 2.45) is 0 Å². The Hall–Kier alpha value is -9.18. The third-order valence-electron chi connectivity index (χ3n) is 16.1. The molecule has 2 aliphatic rings. The Morgan fingerprint density at radius 1 is 0.342 bits per heavy atom. The number of benzene rings is 11. The lowest BCUT2D eigenvalue weighted by molar-refractivity contribution is 0.660. The lowest BCUT2D eigenvalue weighted by atomic mass is 9.67. The van der Waals surface area contributed by atoms with Gasteiger partial charge in [-0.15, -0.1) is 0 Å². The number of fused-ring (bicyclic) bond motifs is 12. The molecular weight excluding hydrogens is 887 g/mol. The molecule has 0 spiro atoms. The van der Waals surface area contributed by atoms with Crippen LogP contribution in [0.3, 0.4) is 0 Å². The average molecular weight is 934 g/mol. The molecule has 0 fully saturated rings. The summed E-state index contributed by atoms with van der Waals surface area (Å²) in [6.07, 6.45) is 0. The van der Waals surface area contributed by atoms with Crippen LogP contribution in [0, 0.1) is 0 Å². The van der Waals surface area contributed by atoms with Gasteiger partial charge in [0.25, 0.3) is 0 Å². The minimum Gasteiger partial charge on any atom is -0.456 e. The van der Waals surface area contributed by atoms with Crippen molar-refractivity contribution in [3.05, 3.63) is 282 Å². The molecule has 0 saturated carbocycles. The highest BCUT2D eigenvalue weighted by Gasteiger charge is 2.46. The molecule has 15 rings (SSSR count). The van der Waals surface area contributed by atoms with Gasteiger partial charge in [0.1, 0.15) is 22.3 Å². The molecule has 0 aliphatic heterocycles. The zero-order valence-corrected chi connectivity index (χ0v) is 40.4. The first-order valence-electron chi connectivity index (χ1n) is 25.3. The summed E-state index contributed by atoms with van der Waals surface area (Å²) in [6.45, 7) is 4.69. The van der Waals surface area contributed by atoms with E-state index in [0.29, 0.717) is 0 Å². The van der Waals surface area contributed by atoms with Crippen molar-refractivity contribution in [2.45, 2.75) is 24.7 Å².